The minimum atomic E-state index is -0.350. The summed E-state index contributed by atoms with van der Waals surface area (Å²) in [6, 6.07) is 14.4. The van der Waals surface area contributed by atoms with E-state index >= 15 is 0 Å². The molecule has 1 heterocycles. The van der Waals surface area contributed by atoms with Crippen LogP contribution < -0.4 is 10.3 Å². The molecule has 0 bridgehead atoms. The van der Waals surface area contributed by atoms with Gasteiger partial charge in [-0.05, 0) is 63.1 Å². The fourth-order valence-electron chi connectivity index (χ4n) is 4.36. The van der Waals surface area contributed by atoms with Crippen molar-refractivity contribution in [2.75, 3.05) is 13.7 Å². The van der Waals surface area contributed by atoms with E-state index in [1.165, 1.54) is 0 Å². The summed E-state index contributed by atoms with van der Waals surface area (Å²) >= 11 is 0. The van der Waals surface area contributed by atoms with Gasteiger partial charge in [0.05, 0.1) is 29.2 Å². The molecule has 1 saturated carbocycles. The summed E-state index contributed by atoms with van der Waals surface area (Å²) in [5, 5.41) is 0.553. The zero-order chi connectivity index (χ0) is 22.0. The number of benzene rings is 2. The van der Waals surface area contributed by atoms with Gasteiger partial charge in [0.15, 0.2) is 0 Å². The first-order valence-corrected chi connectivity index (χ1v) is 11.0. The van der Waals surface area contributed by atoms with E-state index < -0.39 is 0 Å². The van der Waals surface area contributed by atoms with Crippen LogP contribution in [0.15, 0.2) is 53.3 Å². The van der Waals surface area contributed by atoms with Gasteiger partial charge in [0.25, 0.3) is 5.56 Å². The lowest BCUT2D eigenvalue weighted by Crippen LogP contribution is -2.37. The van der Waals surface area contributed by atoms with E-state index in [0.717, 1.165) is 31.4 Å². The summed E-state index contributed by atoms with van der Waals surface area (Å²) < 4.78 is 7.17. The standard InChI is InChI=1S/C25H29N3O3/c1-4-31-20-15-13-19(14-16-20)28-23(26-22-12-8-7-11-21(22)25(28)30)17(2)27(3)24(29)18-9-5-6-10-18/h7-8,11-18H,4-6,9-10H2,1-3H3. The minimum Gasteiger partial charge on any atom is -0.494 e. The Hall–Kier alpha value is -3.15. The van der Waals surface area contributed by atoms with Gasteiger partial charge in [-0.2, -0.15) is 0 Å². The van der Waals surface area contributed by atoms with Crippen LogP contribution in [0.3, 0.4) is 0 Å². The monoisotopic (exact) mass is 419 g/mol. The molecule has 1 aliphatic carbocycles. The summed E-state index contributed by atoms with van der Waals surface area (Å²) in [6.45, 7) is 4.45. The zero-order valence-electron chi connectivity index (χ0n) is 18.4. The maximum Gasteiger partial charge on any atom is 0.266 e. The van der Waals surface area contributed by atoms with Crippen molar-refractivity contribution in [1.82, 2.24) is 14.5 Å². The number of carbonyl (C=O) groups excluding carboxylic acids is 1. The van der Waals surface area contributed by atoms with Gasteiger partial charge in [0.1, 0.15) is 11.6 Å². The van der Waals surface area contributed by atoms with Crippen LogP contribution in [0.25, 0.3) is 16.6 Å². The summed E-state index contributed by atoms with van der Waals surface area (Å²) in [4.78, 5) is 33.2. The number of aromatic nitrogens is 2. The molecule has 0 radical (unpaired) electrons. The number of para-hydroxylation sites is 1. The number of fused-ring (bicyclic) bond motifs is 1. The van der Waals surface area contributed by atoms with Crippen molar-refractivity contribution in [1.29, 1.82) is 0 Å². The number of hydrogen-bond donors (Lipinski definition) is 0. The molecule has 4 rings (SSSR count). The number of amides is 1. The second-order valence-electron chi connectivity index (χ2n) is 8.16. The topological polar surface area (TPSA) is 64.4 Å². The van der Waals surface area contributed by atoms with Crippen LogP contribution in [0.2, 0.25) is 0 Å². The third-order valence-electron chi connectivity index (χ3n) is 6.21. The molecular weight excluding hydrogens is 390 g/mol. The van der Waals surface area contributed by atoms with Crippen LogP contribution in [0.1, 0.15) is 51.4 Å². The number of hydrogen-bond acceptors (Lipinski definition) is 4. The Labute approximate surface area is 182 Å². The minimum absolute atomic E-state index is 0.0681. The molecule has 1 atom stereocenters. The fourth-order valence-corrected chi connectivity index (χ4v) is 4.36. The second kappa shape index (κ2) is 8.92. The number of rotatable bonds is 6. The Bertz CT molecular complexity index is 1130. The fraction of sp³-hybridized carbons (Fsp3) is 0.400. The van der Waals surface area contributed by atoms with Crippen molar-refractivity contribution in [3.8, 4) is 11.4 Å². The zero-order valence-corrected chi connectivity index (χ0v) is 18.4. The lowest BCUT2D eigenvalue weighted by atomic mass is 10.1. The Morgan fingerprint density at radius 1 is 1.16 bits per heavy atom. The van der Waals surface area contributed by atoms with Crippen LogP contribution in [0.5, 0.6) is 5.75 Å². The number of ether oxygens (including phenoxy) is 1. The molecule has 31 heavy (non-hydrogen) atoms. The van der Waals surface area contributed by atoms with Gasteiger partial charge < -0.3 is 9.64 Å². The van der Waals surface area contributed by atoms with E-state index in [-0.39, 0.29) is 23.4 Å². The van der Waals surface area contributed by atoms with Crippen molar-refractivity contribution in [2.45, 2.75) is 45.6 Å². The van der Waals surface area contributed by atoms with Gasteiger partial charge in [-0.25, -0.2) is 4.98 Å². The van der Waals surface area contributed by atoms with Crippen LogP contribution in [0.4, 0.5) is 0 Å². The lowest BCUT2D eigenvalue weighted by molar-refractivity contribution is -0.136. The smallest absolute Gasteiger partial charge is 0.266 e. The van der Waals surface area contributed by atoms with Gasteiger partial charge in [-0.15, -0.1) is 0 Å². The van der Waals surface area contributed by atoms with Gasteiger partial charge in [-0.1, -0.05) is 25.0 Å². The highest BCUT2D eigenvalue weighted by Gasteiger charge is 2.30. The van der Waals surface area contributed by atoms with Crippen molar-refractivity contribution >= 4 is 16.8 Å². The Kier molecular flexibility index (Phi) is 6.07. The molecule has 0 saturated heterocycles. The summed E-state index contributed by atoms with van der Waals surface area (Å²) in [5.41, 5.74) is 1.20. The van der Waals surface area contributed by atoms with E-state index in [4.69, 9.17) is 9.72 Å². The average molecular weight is 420 g/mol. The van der Waals surface area contributed by atoms with Gasteiger partial charge in [0.2, 0.25) is 5.91 Å². The van der Waals surface area contributed by atoms with E-state index in [2.05, 4.69) is 0 Å². The van der Waals surface area contributed by atoms with Gasteiger partial charge in [-0.3, -0.25) is 14.2 Å². The Balaban J connectivity index is 1.82. The highest BCUT2D eigenvalue weighted by Crippen LogP contribution is 2.30. The predicted octanol–water partition coefficient (Wildman–Crippen LogP) is 4.49. The van der Waals surface area contributed by atoms with Crippen LogP contribution in [-0.2, 0) is 4.79 Å². The molecule has 0 N–H and O–H groups in total. The first kappa shape index (κ1) is 21.1. The molecule has 1 unspecified atom stereocenters. The molecule has 1 fully saturated rings. The molecular formula is C25H29N3O3. The largest absolute Gasteiger partial charge is 0.494 e. The summed E-state index contributed by atoms with van der Waals surface area (Å²) in [7, 11) is 1.81. The normalized spacial score (nSPS) is 15.2. The average Bonchev–Trinajstić information content (AvgIpc) is 3.33. The van der Waals surface area contributed by atoms with E-state index in [1.54, 1.807) is 15.5 Å². The van der Waals surface area contributed by atoms with Crippen molar-refractivity contribution in [3.05, 3.63) is 64.7 Å². The highest BCUT2D eigenvalue weighted by molar-refractivity contribution is 5.80. The molecule has 0 spiro atoms. The first-order valence-electron chi connectivity index (χ1n) is 11.0. The summed E-state index contributed by atoms with van der Waals surface area (Å²) in [6.07, 6.45) is 4.08. The molecule has 6 heteroatoms. The lowest BCUT2D eigenvalue weighted by Gasteiger charge is -2.29. The maximum atomic E-state index is 13.5. The third-order valence-corrected chi connectivity index (χ3v) is 6.21. The predicted molar refractivity (Wildman–Crippen MR) is 122 cm³/mol. The molecule has 0 aliphatic heterocycles. The second-order valence-corrected chi connectivity index (χ2v) is 8.16. The first-order chi connectivity index (χ1) is 15.0. The van der Waals surface area contributed by atoms with Crippen molar-refractivity contribution < 1.29 is 9.53 Å². The highest BCUT2D eigenvalue weighted by atomic mass is 16.5. The van der Waals surface area contributed by atoms with Gasteiger partial charge in [0, 0.05) is 13.0 Å². The van der Waals surface area contributed by atoms with Crippen molar-refractivity contribution in [2.24, 2.45) is 5.92 Å². The molecule has 1 aliphatic rings. The number of carbonyl (C=O) groups is 1. The van der Waals surface area contributed by atoms with E-state index in [0.29, 0.717) is 29.0 Å². The Morgan fingerprint density at radius 3 is 2.52 bits per heavy atom. The molecule has 1 aromatic heterocycles. The third kappa shape index (κ3) is 4.07. The quantitative estimate of drug-likeness (QED) is 0.590. The SMILES string of the molecule is CCOc1ccc(-n2c(C(C)N(C)C(=O)C3CCCC3)nc3ccccc3c2=O)cc1. The Morgan fingerprint density at radius 2 is 1.84 bits per heavy atom. The van der Waals surface area contributed by atoms with Crippen LogP contribution >= 0.6 is 0 Å². The number of nitrogens with zero attached hydrogens (tertiary/aromatic N) is 3. The van der Waals surface area contributed by atoms with Gasteiger partial charge >= 0.3 is 0 Å². The van der Waals surface area contributed by atoms with Crippen LogP contribution in [-0.4, -0.2) is 34.0 Å². The summed E-state index contributed by atoms with van der Waals surface area (Å²) in [5.74, 6) is 1.50. The molecule has 162 valence electrons. The van der Waals surface area contributed by atoms with E-state index in [9.17, 15) is 9.59 Å². The molecule has 2 aromatic carbocycles. The van der Waals surface area contributed by atoms with Crippen molar-refractivity contribution in [3.63, 3.8) is 0 Å². The molecule has 3 aromatic rings. The molecule has 6 nitrogen and oxygen atoms in total. The maximum absolute atomic E-state index is 13.5. The van der Waals surface area contributed by atoms with E-state index in [1.807, 2.05) is 63.4 Å². The molecule has 1 amide bonds. The van der Waals surface area contributed by atoms with Crippen LogP contribution in [0, 0.1) is 5.92 Å².